The molecule has 2 aliphatic carbocycles. The van der Waals surface area contributed by atoms with Crippen LogP contribution in [0.25, 0.3) is 6.08 Å². The zero-order valence-electron chi connectivity index (χ0n) is 18.1. The van der Waals surface area contributed by atoms with Gasteiger partial charge in [0.15, 0.2) is 0 Å². The molecule has 0 spiro atoms. The Morgan fingerprint density at radius 1 is 0.862 bits per heavy atom. The molecule has 3 heteroatoms. The van der Waals surface area contributed by atoms with Crippen LogP contribution >= 0.6 is 0 Å². The number of hydrogen-bond donors (Lipinski definition) is 0. The van der Waals surface area contributed by atoms with Crippen LogP contribution in [0.4, 0.5) is 8.78 Å². The summed E-state index contributed by atoms with van der Waals surface area (Å²) in [6.45, 7) is 3.20. The lowest BCUT2D eigenvalue weighted by Crippen LogP contribution is -2.28. The highest BCUT2D eigenvalue weighted by Gasteiger charge is 2.31. The second-order valence-corrected chi connectivity index (χ2v) is 9.18. The molecule has 1 nitrogen and oxygen atoms in total. The standard InChI is InChI=1S/C26H38F2O/c1-2-3-4-5-18-29-25-16-14-24(15-17-25)23-12-10-22(11-13-23)21-8-6-20(7-9-21)19-26(27)28/h6-9,19,22-25H,2-5,10-18H2,1H3/t22-,23-,24-,25-. The van der Waals surface area contributed by atoms with Gasteiger partial charge in [-0.25, -0.2) is 0 Å². The normalized spacial score (nSPS) is 27.6. The Bertz CT molecular complexity index is 604. The minimum atomic E-state index is -1.63. The van der Waals surface area contributed by atoms with Gasteiger partial charge in [-0.15, -0.1) is 0 Å². The van der Waals surface area contributed by atoms with Crippen molar-refractivity contribution in [2.24, 2.45) is 11.8 Å². The molecule has 29 heavy (non-hydrogen) atoms. The molecule has 2 fully saturated rings. The van der Waals surface area contributed by atoms with Crippen molar-refractivity contribution in [3.8, 4) is 0 Å². The molecule has 2 saturated carbocycles. The zero-order chi connectivity index (χ0) is 20.5. The van der Waals surface area contributed by atoms with E-state index in [1.165, 1.54) is 82.6 Å². The van der Waals surface area contributed by atoms with Gasteiger partial charge in [0.25, 0.3) is 6.08 Å². The minimum Gasteiger partial charge on any atom is -0.378 e. The SMILES string of the molecule is CCCCCCO[C@H]1CC[C@H]([C@H]2CC[C@H](c3ccc(C=C(F)F)cc3)CC2)CC1. The van der Waals surface area contributed by atoms with Crippen LogP contribution in [0.2, 0.25) is 0 Å². The van der Waals surface area contributed by atoms with Gasteiger partial charge in [0.2, 0.25) is 0 Å². The van der Waals surface area contributed by atoms with Gasteiger partial charge in [0.1, 0.15) is 0 Å². The topological polar surface area (TPSA) is 9.23 Å². The molecule has 0 radical (unpaired) electrons. The fourth-order valence-electron chi connectivity index (χ4n) is 5.42. The Kier molecular flexibility index (Phi) is 9.17. The third-order valence-electron chi connectivity index (χ3n) is 7.19. The molecule has 0 unspecified atom stereocenters. The van der Waals surface area contributed by atoms with Crippen molar-refractivity contribution in [1.82, 2.24) is 0 Å². The average molecular weight is 405 g/mol. The van der Waals surface area contributed by atoms with E-state index < -0.39 is 6.08 Å². The van der Waals surface area contributed by atoms with E-state index in [1.54, 1.807) is 0 Å². The van der Waals surface area contributed by atoms with E-state index in [0.717, 1.165) is 24.5 Å². The van der Waals surface area contributed by atoms with Crippen molar-refractivity contribution >= 4 is 6.08 Å². The highest BCUT2D eigenvalue weighted by Crippen LogP contribution is 2.43. The number of ether oxygens (including phenoxy) is 1. The highest BCUT2D eigenvalue weighted by atomic mass is 19.3. The summed E-state index contributed by atoms with van der Waals surface area (Å²) in [7, 11) is 0. The van der Waals surface area contributed by atoms with Crippen molar-refractivity contribution in [3.05, 3.63) is 41.5 Å². The second-order valence-electron chi connectivity index (χ2n) is 9.18. The number of halogens is 2. The van der Waals surface area contributed by atoms with Crippen molar-refractivity contribution in [2.45, 2.75) is 96.0 Å². The van der Waals surface area contributed by atoms with E-state index in [1.807, 2.05) is 24.3 Å². The summed E-state index contributed by atoms with van der Waals surface area (Å²) in [5.74, 6) is 2.36. The first-order valence-corrected chi connectivity index (χ1v) is 11.9. The summed E-state index contributed by atoms with van der Waals surface area (Å²) in [5.41, 5.74) is 1.91. The molecule has 162 valence electrons. The molecular formula is C26H38F2O. The first-order chi connectivity index (χ1) is 14.2. The van der Waals surface area contributed by atoms with Gasteiger partial charge < -0.3 is 4.74 Å². The van der Waals surface area contributed by atoms with E-state index in [4.69, 9.17) is 4.74 Å². The van der Waals surface area contributed by atoms with Crippen molar-refractivity contribution in [1.29, 1.82) is 0 Å². The quantitative estimate of drug-likeness (QED) is 0.376. The maximum atomic E-state index is 12.4. The van der Waals surface area contributed by atoms with Crippen LogP contribution in [-0.2, 0) is 4.74 Å². The Morgan fingerprint density at radius 3 is 2.07 bits per heavy atom. The van der Waals surface area contributed by atoms with Crippen LogP contribution in [0.1, 0.15) is 101 Å². The van der Waals surface area contributed by atoms with Gasteiger partial charge in [-0.1, -0.05) is 50.5 Å². The predicted molar refractivity (Wildman–Crippen MR) is 117 cm³/mol. The van der Waals surface area contributed by atoms with Crippen LogP contribution in [0.3, 0.4) is 0 Å². The molecule has 0 atom stereocenters. The van der Waals surface area contributed by atoms with Gasteiger partial charge in [-0.2, -0.15) is 8.78 Å². The summed E-state index contributed by atoms with van der Waals surface area (Å²) in [6, 6.07) is 7.74. The smallest absolute Gasteiger partial charge is 0.270 e. The molecule has 1 aromatic rings. The van der Waals surface area contributed by atoms with Crippen LogP contribution in [0.15, 0.2) is 30.3 Å². The Hall–Kier alpha value is -1.22. The molecule has 2 aliphatic rings. The Morgan fingerprint density at radius 2 is 1.48 bits per heavy atom. The first kappa shape index (κ1) is 22.5. The molecule has 3 rings (SSSR count). The van der Waals surface area contributed by atoms with Crippen LogP contribution < -0.4 is 0 Å². The van der Waals surface area contributed by atoms with E-state index in [0.29, 0.717) is 17.6 Å². The average Bonchev–Trinajstić information content (AvgIpc) is 2.74. The monoisotopic (exact) mass is 404 g/mol. The second kappa shape index (κ2) is 11.8. The fourth-order valence-corrected chi connectivity index (χ4v) is 5.42. The van der Waals surface area contributed by atoms with Gasteiger partial charge in [0, 0.05) is 12.7 Å². The molecule has 0 aromatic heterocycles. The molecule has 0 N–H and O–H groups in total. The number of hydrogen-bond acceptors (Lipinski definition) is 1. The number of rotatable bonds is 9. The lowest BCUT2D eigenvalue weighted by atomic mass is 9.69. The summed E-state index contributed by atoms with van der Waals surface area (Å²) < 4.78 is 30.9. The summed E-state index contributed by atoms with van der Waals surface area (Å²) in [6.07, 6.45) is 15.2. The largest absolute Gasteiger partial charge is 0.378 e. The Labute approximate surface area is 175 Å². The van der Waals surface area contributed by atoms with Crippen molar-refractivity contribution in [3.63, 3.8) is 0 Å². The third kappa shape index (κ3) is 7.20. The fraction of sp³-hybridized carbons (Fsp3) is 0.692. The van der Waals surface area contributed by atoms with E-state index in [9.17, 15) is 8.78 Å². The summed E-state index contributed by atoms with van der Waals surface area (Å²) in [5, 5.41) is 0. The molecule has 0 saturated heterocycles. The predicted octanol–water partition coefficient (Wildman–Crippen LogP) is 8.35. The van der Waals surface area contributed by atoms with Gasteiger partial charge in [-0.05, 0) is 86.7 Å². The molecule has 0 heterocycles. The number of unbranched alkanes of at least 4 members (excludes halogenated alkanes) is 3. The highest BCUT2D eigenvalue weighted by molar-refractivity contribution is 5.50. The maximum Gasteiger partial charge on any atom is 0.270 e. The molecule has 0 amide bonds. The maximum absolute atomic E-state index is 12.4. The van der Waals surface area contributed by atoms with Crippen molar-refractivity contribution < 1.29 is 13.5 Å². The van der Waals surface area contributed by atoms with Gasteiger partial charge >= 0.3 is 0 Å². The van der Waals surface area contributed by atoms with Crippen LogP contribution in [0.5, 0.6) is 0 Å². The lowest BCUT2D eigenvalue weighted by Gasteiger charge is -2.38. The zero-order valence-corrected chi connectivity index (χ0v) is 18.1. The van der Waals surface area contributed by atoms with E-state index in [2.05, 4.69) is 6.92 Å². The molecular weight excluding hydrogens is 366 g/mol. The van der Waals surface area contributed by atoms with Gasteiger partial charge in [-0.3, -0.25) is 0 Å². The number of benzene rings is 1. The summed E-state index contributed by atoms with van der Waals surface area (Å²) in [4.78, 5) is 0. The van der Waals surface area contributed by atoms with Crippen LogP contribution in [0, 0.1) is 11.8 Å². The molecule has 0 aliphatic heterocycles. The van der Waals surface area contributed by atoms with Gasteiger partial charge in [0.05, 0.1) is 6.10 Å². The first-order valence-electron chi connectivity index (χ1n) is 11.9. The minimum absolute atomic E-state index is 0.505. The summed E-state index contributed by atoms with van der Waals surface area (Å²) >= 11 is 0. The van der Waals surface area contributed by atoms with Crippen LogP contribution in [-0.4, -0.2) is 12.7 Å². The lowest BCUT2D eigenvalue weighted by molar-refractivity contribution is 0.00627. The molecule has 0 bridgehead atoms. The molecule has 1 aromatic carbocycles. The van der Waals surface area contributed by atoms with Crippen molar-refractivity contribution in [2.75, 3.05) is 6.61 Å². The third-order valence-corrected chi connectivity index (χ3v) is 7.19. The van der Waals surface area contributed by atoms with E-state index in [-0.39, 0.29) is 0 Å². The Balaban J connectivity index is 1.36. The van der Waals surface area contributed by atoms with E-state index >= 15 is 0 Å².